The standard InChI is InChI=1S/C20H21FN2OS/c1-4-24-13(2)20-22-18(14-5-9-16(21)10-6-14)19(23-20)15-7-11-17(25-3)12-8-15/h5-13H,4H2,1-3H3,(H,22,23). The Bertz CT molecular complexity index is 828. The van der Waals surface area contributed by atoms with E-state index in [-0.39, 0.29) is 11.9 Å². The summed E-state index contributed by atoms with van der Waals surface area (Å²) in [6.07, 6.45) is 1.92. The van der Waals surface area contributed by atoms with E-state index in [9.17, 15) is 4.39 Å². The smallest absolute Gasteiger partial charge is 0.136 e. The highest BCUT2D eigenvalue weighted by molar-refractivity contribution is 7.98. The van der Waals surface area contributed by atoms with Crippen LogP contribution in [0.1, 0.15) is 25.8 Å². The lowest BCUT2D eigenvalue weighted by Gasteiger charge is -2.07. The number of nitrogens with zero attached hydrogens (tertiary/aromatic N) is 1. The van der Waals surface area contributed by atoms with Crippen LogP contribution in [0.15, 0.2) is 53.4 Å². The number of H-pyrrole nitrogens is 1. The van der Waals surface area contributed by atoms with Gasteiger partial charge in [-0.1, -0.05) is 12.1 Å². The second-order valence-electron chi connectivity index (χ2n) is 5.68. The van der Waals surface area contributed by atoms with Gasteiger partial charge < -0.3 is 9.72 Å². The van der Waals surface area contributed by atoms with Crippen LogP contribution in [0.25, 0.3) is 22.5 Å². The molecule has 0 radical (unpaired) electrons. The zero-order chi connectivity index (χ0) is 17.8. The molecule has 0 aliphatic carbocycles. The summed E-state index contributed by atoms with van der Waals surface area (Å²) in [6.45, 7) is 4.55. The Balaban J connectivity index is 2.08. The molecule has 0 spiro atoms. The van der Waals surface area contributed by atoms with Crippen molar-refractivity contribution in [3.05, 3.63) is 60.2 Å². The molecule has 1 unspecified atom stereocenters. The fourth-order valence-corrected chi connectivity index (χ4v) is 3.10. The number of nitrogens with one attached hydrogen (secondary N) is 1. The molecular formula is C20H21FN2OS. The first-order valence-electron chi connectivity index (χ1n) is 8.24. The van der Waals surface area contributed by atoms with Crippen molar-refractivity contribution in [2.45, 2.75) is 24.8 Å². The molecule has 3 rings (SSSR count). The zero-order valence-electron chi connectivity index (χ0n) is 14.5. The molecule has 5 heteroatoms. The molecule has 130 valence electrons. The summed E-state index contributed by atoms with van der Waals surface area (Å²) in [5.41, 5.74) is 3.63. The Morgan fingerprint density at radius 2 is 1.72 bits per heavy atom. The first-order chi connectivity index (χ1) is 12.1. The molecule has 1 aromatic heterocycles. The summed E-state index contributed by atoms with van der Waals surface area (Å²) in [5.74, 6) is 0.512. The van der Waals surface area contributed by atoms with E-state index in [2.05, 4.69) is 35.5 Å². The first-order valence-corrected chi connectivity index (χ1v) is 9.46. The summed E-state index contributed by atoms with van der Waals surface area (Å²) in [6, 6.07) is 14.7. The van der Waals surface area contributed by atoms with Crippen LogP contribution in [0.4, 0.5) is 4.39 Å². The third-order valence-corrected chi connectivity index (χ3v) is 4.76. The minimum atomic E-state index is -0.256. The first kappa shape index (κ1) is 17.7. The summed E-state index contributed by atoms with van der Waals surface area (Å²) < 4.78 is 19.0. The lowest BCUT2D eigenvalue weighted by Crippen LogP contribution is -2.01. The van der Waals surface area contributed by atoms with Crippen LogP contribution in [0.3, 0.4) is 0 Å². The van der Waals surface area contributed by atoms with Crippen LogP contribution in [0, 0.1) is 5.82 Å². The van der Waals surface area contributed by atoms with Crippen molar-refractivity contribution in [2.24, 2.45) is 0 Å². The van der Waals surface area contributed by atoms with E-state index in [0.717, 1.165) is 28.3 Å². The highest BCUT2D eigenvalue weighted by Gasteiger charge is 2.18. The summed E-state index contributed by atoms with van der Waals surface area (Å²) >= 11 is 1.70. The molecule has 2 aromatic carbocycles. The van der Waals surface area contributed by atoms with E-state index in [1.807, 2.05) is 13.8 Å². The van der Waals surface area contributed by atoms with E-state index in [0.29, 0.717) is 6.61 Å². The summed E-state index contributed by atoms with van der Waals surface area (Å²) in [7, 11) is 0. The Labute approximate surface area is 151 Å². The highest BCUT2D eigenvalue weighted by atomic mass is 32.2. The molecule has 0 saturated carbocycles. The molecule has 0 aliphatic heterocycles. The zero-order valence-corrected chi connectivity index (χ0v) is 15.4. The number of aromatic nitrogens is 2. The van der Waals surface area contributed by atoms with E-state index in [4.69, 9.17) is 9.72 Å². The lowest BCUT2D eigenvalue weighted by atomic mass is 10.1. The van der Waals surface area contributed by atoms with Crippen LogP contribution in [0.5, 0.6) is 0 Å². The van der Waals surface area contributed by atoms with Gasteiger partial charge in [0.1, 0.15) is 17.7 Å². The van der Waals surface area contributed by atoms with Crippen LogP contribution in [-0.2, 0) is 4.74 Å². The van der Waals surface area contributed by atoms with Crippen molar-refractivity contribution in [3.63, 3.8) is 0 Å². The molecule has 0 aliphatic rings. The Morgan fingerprint density at radius 1 is 1.08 bits per heavy atom. The molecule has 0 fully saturated rings. The summed E-state index contributed by atoms with van der Waals surface area (Å²) in [5, 5.41) is 0. The van der Waals surface area contributed by atoms with Gasteiger partial charge in [-0.2, -0.15) is 0 Å². The molecule has 3 nitrogen and oxygen atoms in total. The third-order valence-electron chi connectivity index (χ3n) is 4.02. The van der Waals surface area contributed by atoms with E-state index < -0.39 is 0 Å². The van der Waals surface area contributed by atoms with Gasteiger partial charge in [-0.15, -0.1) is 11.8 Å². The minimum Gasteiger partial charge on any atom is -0.371 e. The van der Waals surface area contributed by atoms with E-state index in [1.165, 1.54) is 17.0 Å². The van der Waals surface area contributed by atoms with E-state index >= 15 is 0 Å². The van der Waals surface area contributed by atoms with Crippen LogP contribution < -0.4 is 0 Å². The number of imidazole rings is 1. The second kappa shape index (κ2) is 7.85. The third kappa shape index (κ3) is 3.94. The van der Waals surface area contributed by atoms with Crippen molar-refractivity contribution in [3.8, 4) is 22.5 Å². The average Bonchev–Trinajstić information content (AvgIpc) is 3.08. The van der Waals surface area contributed by atoms with Gasteiger partial charge in [0.15, 0.2) is 0 Å². The maximum atomic E-state index is 13.3. The van der Waals surface area contributed by atoms with Gasteiger partial charge >= 0.3 is 0 Å². The van der Waals surface area contributed by atoms with Gasteiger partial charge in [0.25, 0.3) is 0 Å². The van der Waals surface area contributed by atoms with Gasteiger partial charge in [-0.3, -0.25) is 0 Å². The number of thioether (sulfide) groups is 1. The SMILES string of the molecule is CCOC(C)c1nc(-c2ccc(F)cc2)c(-c2ccc(SC)cc2)[nH]1. The molecule has 1 N–H and O–H groups in total. The number of benzene rings is 2. The monoisotopic (exact) mass is 356 g/mol. The quantitative estimate of drug-likeness (QED) is 0.576. The fourth-order valence-electron chi connectivity index (χ4n) is 2.70. The Kier molecular flexibility index (Phi) is 5.56. The number of hydrogen-bond acceptors (Lipinski definition) is 3. The van der Waals surface area contributed by atoms with Gasteiger partial charge in [0.2, 0.25) is 0 Å². The van der Waals surface area contributed by atoms with Crippen LogP contribution >= 0.6 is 11.8 Å². The van der Waals surface area contributed by atoms with Crippen LogP contribution in [-0.4, -0.2) is 22.8 Å². The predicted octanol–water partition coefficient (Wildman–Crippen LogP) is 5.70. The summed E-state index contributed by atoms with van der Waals surface area (Å²) in [4.78, 5) is 9.34. The second-order valence-corrected chi connectivity index (χ2v) is 6.56. The minimum absolute atomic E-state index is 0.136. The average molecular weight is 356 g/mol. The number of halogens is 1. The number of aromatic amines is 1. The maximum Gasteiger partial charge on any atom is 0.136 e. The van der Waals surface area contributed by atoms with Crippen molar-refractivity contribution >= 4 is 11.8 Å². The predicted molar refractivity (Wildman–Crippen MR) is 101 cm³/mol. The van der Waals surface area contributed by atoms with E-state index in [1.54, 1.807) is 23.9 Å². The Morgan fingerprint density at radius 3 is 2.32 bits per heavy atom. The van der Waals surface area contributed by atoms with Gasteiger partial charge in [-0.25, -0.2) is 9.37 Å². The van der Waals surface area contributed by atoms with Crippen molar-refractivity contribution in [2.75, 3.05) is 12.9 Å². The Hall–Kier alpha value is -2.11. The molecule has 1 atom stereocenters. The lowest BCUT2D eigenvalue weighted by molar-refractivity contribution is 0.0707. The number of rotatable bonds is 6. The number of hydrogen-bond donors (Lipinski definition) is 1. The molecule has 25 heavy (non-hydrogen) atoms. The fraction of sp³-hybridized carbons (Fsp3) is 0.250. The molecule has 0 saturated heterocycles. The maximum absolute atomic E-state index is 13.3. The normalized spacial score (nSPS) is 12.3. The van der Waals surface area contributed by atoms with Crippen molar-refractivity contribution in [1.82, 2.24) is 9.97 Å². The van der Waals surface area contributed by atoms with Gasteiger partial charge in [0.05, 0.1) is 11.4 Å². The largest absolute Gasteiger partial charge is 0.371 e. The molecule has 0 amide bonds. The molecule has 0 bridgehead atoms. The number of ether oxygens (including phenoxy) is 1. The van der Waals surface area contributed by atoms with Crippen molar-refractivity contribution in [1.29, 1.82) is 0 Å². The van der Waals surface area contributed by atoms with Gasteiger partial charge in [-0.05, 0) is 56.5 Å². The molecule has 3 aromatic rings. The van der Waals surface area contributed by atoms with Crippen molar-refractivity contribution < 1.29 is 9.13 Å². The molecular weight excluding hydrogens is 335 g/mol. The highest BCUT2D eigenvalue weighted by Crippen LogP contribution is 2.33. The van der Waals surface area contributed by atoms with Gasteiger partial charge in [0, 0.05) is 22.6 Å². The topological polar surface area (TPSA) is 37.9 Å². The van der Waals surface area contributed by atoms with Crippen LogP contribution in [0.2, 0.25) is 0 Å². The molecule has 1 heterocycles.